The summed E-state index contributed by atoms with van der Waals surface area (Å²) < 4.78 is 23.4. The average molecular weight is 1060 g/mol. The van der Waals surface area contributed by atoms with Crippen molar-refractivity contribution < 1.29 is 32.9 Å². The second-order valence-corrected chi connectivity index (χ2v) is 24.2. The molecule has 0 aromatic heterocycles. The number of carbonyl (C=O) groups is 1. The van der Waals surface area contributed by atoms with Gasteiger partial charge in [0, 0.05) is 6.42 Å². The summed E-state index contributed by atoms with van der Waals surface area (Å²) in [5.41, 5.74) is 0. The quantitative estimate of drug-likeness (QED) is 0.0272. The molecule has 0 rings (SSSR count). The molecular weight excluding hydrogens is 936 g/mol. The highest BCUT2D eigenvalue weighted by Gasteiger charge is 2.23. The molecule has 9 heteroatoms. The van der Waals surface area contributed by atoms with Gasteiger partial charge in [-0.1, -0.05) is 274 Å². The number of hydrogen-bond acceptors (Lipinski definition) is 6. The van der Waals surface area contributed by atoms with Gasteiger partial charge in [-0.25, -0.2) is 0 Å². The summed E-state index contributed by atoms with van der Waals surface area (Å²) in [4.78, 5) is 25.5. The van der Waals surface area contributed by atoms with E-state index >= 15 is 0 Å². The maximum atomic E-state index is 13.0. The highest BCUT2D eigenvalue weighted by atomic mass is 31.2. The van der Waals surface area contributed by atoms with Gasteiger partial charge in [0.15, 0.2) is 0 Å². The first kappa shape index (κ1) is 72.2. The third-order valence-corrected chi connectivity index (χ3v) is 15.1. The molecule has 8 nitrogen and oxygen atoms in total. The number of amides is 1. The van der Waals surface area contributed by atoms with Crippen LogP contribution < -0.4 is 10.2 Å². The number of unbranched alkanes of at least 4 members (excludes halogenated alkanes) is 37. The smallest absolute Gasteiger partial charge is 0.268 e. The first-order chi connectivity index (χ1) is 36.0. The topological polar surface area (TPSA) is 108 Å². The summed E-state index contributed by atoms with van der Waals surface area (Å²) in [6, 6.07) is -0.912. The van der Waals surface area contributed by atoms with Crippen LogP contribution in [0.2, 0.25) is 0 Å². The Labute approximate surface area is 460 Å². The van der Waals surface area contributed by atoms with Gasteiger partial charge in [-0.15, -0.1) is 0 Å². The maximum Gasteiger partial charge on any atom is 0.268 e. The van der Waals surface area contributed by atoms with E-state index in [0.29, 0.717) is 17.4 Å². The molecule has 0 aromatic rings. The molecule has 0 spiro atoms. The first-order valence-corrected chi connectivity index (χ1v) is 33.1. The number of carbonyl (C=O) groups excluding carboxylic acids is 1. The largest absolute Gasteiger partial charge is 0.756 e. The zero-order valence-corrected chi connectivity index (χ0v) is 50.4. The molecule has 0 aliphatic heterocycles. The predicted molar refractivity (Wildman–Crippen MR) is 321 cm³/mol. The fourth-order valence-electron chi connectivity index (χ4n) is 9.22. The van der Waals surface area contributed by atoms with Crippen LogP contribution in [0.3, 0.4) is 0 Å². The molecule has 0 heterocycles. The highest BCUT2D eigenvalue weighted by molar-refractivity contribution is 7.45. The monoisotopic (exact) mass is 1060 g/mol. The van der Waals surface area contributed by atoms with E-state index in [1.54, 1.807) is 6.08 Å². The second kappa shape index (κ2) is 55.9. The van der Waals surface area contributed by atoms with Gasteiger partial charge in [0.05, 0.1) is 39.9 Å². The van der Waals surface area contributed by atoms with Crippen molar-refractivity contribution in [2.24, 2.45) is 0 Å². The molecule has 0 radical (unpaired) electrons. The number of nitrogens with one attached hydrogen (secondary N) is 1. The van der Waals surface area contributed by atoms with Gasteiger partial charge in [-0.2, -0.15) is 0 Å². The Morgan fingerprint density at radius 2 is 0.797 bits per heavy atom. The lowest BCUT2D eigenvalue weighted by Crippen LogP contribution is -2.45. The summed E-state index contributed by atoms with van der Waals surface area (Å²) in [6.45, 7) is 4.65. The number of hydrogen-bond donors (Lipinski definition) is 2. The summed E-state index contributed by atoms with van der Waals surface area (Å²) >= 11 is 0. The van der Waals surface area contributed by atoms with Crippen molar-refractivity contribution in [1.29, 1.82) is 0 Å². The lowest BCUT2D eigenvalue weighted by molar-refractivity contribution is -0.870. The number of phosphoric acid groups is 1. The van der Waals surface area contributed by atoms with E-state index in [9.17, 15) is 19.4 Å². The third kappa shape index (κ3) is 57.9. The molecule has 0 saturated carbocycles. The van der Waals surface area contributed by atoms with E-state index in [4.69, 9.17) is 9.05 Å². The van der Waals surface area contributed by atoms with E-state index in [1.807, 2.05) is 27.2 Å². The van der Waals surface area contributed by atoms with E-state index < -0.39 is 26.6 Å². The highest BCUT2D eigenvalue weighted by Crippen LogP contribution is 2.38. The van der Waals surface area contributed by atoms with Crippen molar-refractivity contribution in [3.63, 3.8) is 0 Å². The lowest BCUT2D eigenvalue weighted by Gasteiger charge is -2.29. The van der Waals surface area contributed by atoms with Gasteiger partial charge >= 0.3 is 0 Å². The minimum absolute atomic E-state index is 0.00981. The minimum Gasteiger partial charge on any atom is -0.756 e. The molecule has 1 amide bonds. The lowest BCUT2D eigenvalue weighted by atomic mass is 10.0. The van der Waals surface area contributed by atoms with Crippen molar-refractivity contribution in [2.45, 2.75) is 309 Å². The van der Waals surface area contributed by atoms with Crippen LogP contribution in [0.25, 0.3) is 0 Å². The summed E-state index contributed by atoms with van der Waals surface area (Å²) in [7, 11) is 1.24. The van der Waals surface area contributed by atoms with Crippen LogP contribution >= 0.6 is 7.82 Å². The second-order valence-electron chi connectivity index (χ2n) is 22.7. The molecular formula is C65H123N2O6P. The van der Waals surface area contributed by atoms with Crippen LogP contribution in [0, 0.1) is 0 Å². The first-order valence-electron chi connectivity index (χ1n) is 31.7. The minimum atomic E-state index is -4.61. The number of rotatable bonds is 58. The Hall–Kier alpha value is -1.80. The van der Waals surface area contributed by atoms with Crippen molar-refractivity contribution in [3.8, 4) is 0 Å². The predicted octanol–water partition coefficient (Wildman–Crippen LogP) is 19.0. The van der Waals surface area contributed by atoms with Gasteiger partial charge in [-0.3, -0.25) is 9.36 Å². The fourth-order valence-corrected chi connectivity index (χ4v) is 9.94. The van der Waals surface area contributed by atoms with Crippen molar-refractivity contribution in [3.05, 3.63) is 60.8 Å². The van der Waals surface area contributed by atoms with Crippen molar-refractivity contribution in [2.75, 3.05) is 40.9 Å². The third-order valence-electron chi connectivity index (χ3n) is 14.2. The molecule has 0 aliphatic rings. The van der Waals surface area contributed by atoms with Crippen LogP contribution in [0.4, 0.5) is 0 Å². The molecule has 0 aliphatic carbocycles. The number of aliphatic hydroxyl groups excluding tert-OH is 1. The van der Waals surface area contributed by atoms with Gasteiger partial charge in [-0.05, 0) is 77.0 Å². The van der Waals surface area contributed by atoms with E-state index in [-0.39, 0.29) is 12.5 Å². The Morgan fingerprint density at radius 1 is 0.473 bits per heavy atom. The Kier molecular flexibility index (Phi) is 54.6. The SMILES string of the molecule is CCCCCCCCCCC/C=C\C/C=C\CCCCCCCCCCCCCCCCCC(=O)NC(COP(=O)([O-])OCC[N+](C)(C)C)C(O)/C=C/CC/C=C/CC/C=C/CCCCCCCCCCCCC. The number of likely N-dealkylation sites (N-methyl/N-ethyl adjacent to an activating group) is 1. The standard InChI is InChI=1S/C65H123N2O6P/c1-6-8-10-12-14-16-18-20-22-24-26-28-29-30-31-32-33-34-35-36-37-39-41-43-45-47-49-51-53-55-57-59-65(69)66-63(62-73-74(70,71)72-61-60-67(3,4)5)64(68)58-56-54-52-50-48-46-44-42-40-38-27-25-23-21-19-17-15-13-11-9-7-2/h26,28,30-31,40,42,48,50,56,58,63-64,68H,6-25,27,29,32-39,41,43-47,49,51-55,57,59-62H2,1-5H3,(H-,66,69,70,71)/b28-26-,31-30-,42-40+,50-48+,58-56+. The Balaban J connectivity index is 4.16. The van der Waals surface area contributed by atoms with Gasteiger partial charge in [0.1, 0.15) is 13.2 Å². The molecule has 0 fully saturated rings. The average Bonchev–Trinajstić information content (AvgIpc) is 3.36. The number of allylic oxidation sites excluding steroid dienone is 9. The van der Waals surface area contributed by atoms with E-state index in [0.717, 1.165) is 51.4 Å². The van der Waals surface area contributed by atoms with Crippen molar-refractivity contribution in [1.82, 2.24) is 5.32 Å². The van der Waals surface area contributed by atoms with E-state index in [1.165, 1.54) is 225 Å². The number of nitrogens with zero attached hydrogens (tertiary/aromatic N) is 1. The van der Waals surface area contributed by atoms with Crippen LogP contribution in [0.15, 0.2) is 60.8 Å². The molecule has 0 bridgehead atoms. The summed E-state index contributed by atoms with van der Waals surface area (Å²) in [6.07, 6.45) is 76.1. The van der Waals surface area contributed by atoms with Crippen LogP contribution in [-0.2, 0) is 18.4 Å². The maximum absolute atomic E-state index is 13.0. The van der Waals surface area contributed by atoms with E-state index in [2.05, 4.69) is 67.8 Å². The molecule has 434 valence electrons. The molecule has 74 heavy (non-hydrogen) atoms. The Morgan fingerprint density at radius 3 is 1.18 bits per heavy atom. The molecule has 0 aromatic carbocycles. The molecule has 3 atom stereocenters. The van der Waals surface area contributed by atoms with Crippen molar-refractivity contribution >= 4 is 13.7 Å². The Bertz CT molecular complexity index is 1390. The van der Waals surface area contributed by atoms with Gasteiger partial charge in [0.2, 0.25) is 5.91 Å². The normalized spacial score (nSPS) is 14.2. The van der Waals surface area contributed by atoms with Crippen LogP contribution in [0.1, 0.15) is 296 Å². The van der Waals surface area contributed by atoms with Crippen LogP contribution in [0.5, 0.6) is 0 Å². The summed E-state index contributed by atoms with van der Waals surface area (Å²) in [5.74, 6) is -0.209. The number of aliphatic hydroxyl groups is 1. The zero-order valence-electron chi connectivity index (χ0n) is 49.5. The van der Waals surface area contributed by atoms with Crippen LogP contribution in [-0.4, -0.2) is 68.5 Å². The molecule has 3 unspecified atom stereocenters. The van der Waals surface area contributed by atoms with Gasteiger partial charge < -0.3 is 28.8 Å². The molecule has 2 N–H and O–H groups in total. The number of phosphoric ester groups is 1. The zero-order chi connectivity index (χ0) is 54.2. The number of quaternary nitrogens is 1. The fraction of sp³-hybridized carbons (Fsp3) is 0.831. The van der Waals surface area contributed by atoms with Gasteiger partial charge in [0.25, 0.3) is 7.82 Å². The molecule has 0 saturated heterocycles. The summed E-state index contributed by atoms with van der Waals surface area (Å²) in [5, 5.41) is 13.9.